The summed E-state index contributed by atoms with van der Waals surface area (Å²) >= 11 is 0. The molecule has 2 heterocycles. The predicted molar refractivity (Wildman–Crippen MR) is 140 cm³/mol. The highest BCUT2D eigenvalue weighted by Crippen LogP contribution is 2.28. The van der Waals surface area contributed by atoms with Crippen LogP contribution >= 0.6 is 0 Å². The van der Waals surface area contributed by atoms with Crippen LogP contribution in [0.4, 0.5) is 0 Å². The molecule has 2 aromatic carbocycles. The van der Waals surface area contributed by atoms with E-state index in [-0.39, 0.29) is 17.9 Å². The van der Waals surface area contributed by atoms with E-state index in [1.807, 2.05) is 79.3 Å². The number of hydrogen-bond acceptors (Lipinski definition) is 4. The standard InChI is InChI=1S/C29H36N4O3/c1-21-17-27(32(3)30-21)29(35)31(2)26(19-22-9-6-5-7-10-22)24-13-15-33(16-14-24)28(34)20-23-11-8-12-25(18-23)36-4/h5-12,17-18,24,26H,13-16,19-20H2,1-4H3/t26-/m0/s1. The molecule has 1 saturated heterocycles. The van der Waals surface area contributed by atoms with Gasteiger partial charge in [-0.05, 0) is 61.4 Å². The fourth-order valence-corrected chi connectivity index (χ4v) is 5.22. The molecule has 0 spiro atoms. The number of carbonyl (C=O) groups is 2. The fraction of sp³-hybridized carbons (Fsp3) is 0.414. The number of likely N-dealkylation sites (N-methyl/N-ethyl adjacent to an activating group) is 1. The van der Waals surface area contributed by atoms with Crippen LogP contribution in [0.2, 0.25) is 0 Å². The van der Waals surface area contributed by atoms with Gasteiger partial charge in [0.25, 0.3) is 5.91 Å². The Labute approximate surface area is 213 Å². The zero-order valence-corrected chi connectivity index (χ0v) is 21.7. The van der Waals surface area contributed by atoms with Gasteiger partial charge < -0.3 is 14.5 Å². The van der Waals surface area contributed by atoms with Crippen LogP contribution in [-0.4, -0.2) is 64.7 Å². The van der Waals surface area contributed by atoms with E-state index in [1.165, 1.54) is 5.56 Å². The van der Waals surface area contributed by atoms with Gasteiger partial charge in [-0.1, -0.05) is 42.5 Å². The molecule has 7 nitrogen and oxygen atoms in total. The van der Waals surface area contributed by atoms with E-state index in [4.69, 9.17) is 4.74 Å². The normalized spacial score (nSPS) is 14.9. The van der Waals surface area contributed by atoms with Gasteiger partial charge in [-0.25, -0.2) is 0 Å². The summed E-state index contributed by atoms with van der Waals surface area (Å²) in [7, 11) is 5.35. The lowest BCUT2D eigenvalue weighted by Crippen LogP contribution is -2.49. The van der Waals surface area contributed by atoms with Crippen LogP contribution in [-0.2, 0) is 24.7 Å². The largest absolute Gasteiger partial charge is 0.497 e. The number of carbonyl (C=O) groups excluding carboxylic acids is 2. The average molecular weight is 489 g/mol. The Kier molecular flexibility index (Phi) is 8.08. The lowest BCUT2D eigenvalue weighted by atomic mass is 9.84. The lowest BCUT2D eigenvalue weighted by Gasteiger charge is -2.40. The maximum absolute atomic E-state index is 13.5. The average Bonchev–Trinajstić information content (AvgIpc) is 3.24. The summed E-state index contributed by atoms with van der Waals surface area (Å²) in [6.07, 6.45) is 2.88. The molecule has 7 heteroatoms. The second-order valence-electron chi connectivity index (χ2n) is 9.71. The van der Waals surface area contributed by atoms with Gasteiger partial charge in [0.1, 0.15) is 11.4 Å². The van der Waals surface area contributed by atoms with Gasteiger partial charge in [0, 0.05) is 33.2 Å². The summed E-state index contributed by atoms with van der Waals surface area (Å²) in [6, 6.07) is 19.9. The van der Waals surface area contributed by atoms with Crippen molar-refractivity contribution in [2.24, 2.45) is 13.0 Å². The van der Waals surface area contributed by atoms with Gasteiger partial charge in [-0.15, -0.1) is 0 Å². The highest BCUT2D eigenvalue weighted by Gasteiger charge is 2.33. The van der Waals surface area contributed by atoms with Gasteiger partial charge in [0.05, 0.1) is 19.2 Å². The van der Waals surface area contributed by atoms with E-state index >= 15 is 0 Å². The lowest BCUT2D eigenvalue weighted by molar-refractivity contribution is -0.132. The van der Waals surface area contributed by atoms with Gasteiger partial charge >= 0.3 is 0 Å². The van der Waals surface area contributed by atoms with Crippen molar-refractivity contribution < 1.29 is 14.3 Å². The number of ether oxygens (including phenoxy) is 1. The van der Waals surface area contributed by atoms with Crippen molar-refractivity contribution in [3.05, 3.63) is 83.2 Å². The maximum atomic E-state index is 13.5. The number of rotatable bonds is 8. The molecule has 0 saturated carbocycles. The molecule has 190 valence electrons. The van der Waals surface area contributed by atoms with Crippen LogP contribution in [0.15, 0.2) is 60.7 Å². The highest BCUT2D eigenvalue weighted by molar-refractivity contribution is 5.92. The Bertz CT molecular complexity index is 1180. The number of likely N-dealkylation sites (tertiary alicyclic amines) is 1. The smallest absolute Gasteiger partial charge is 0.272 e. The number of aromatic nitrogens is 2. The second kappa shape index (κ2) is 11.4. The first kappa shape index (κ1) is 25.5. The monoisotopic (exact) mass is 488 g/mol. The van der Waals surface area contributed by atoms with Crippen LogP contribution in [0.25, 0.3) is 0 Å². The Hall–Kier alpha value is -3.61. The van der Waals surface area contributed by atoms with Crippen molar-refractivity contribution in [2.45, 2.75) is 38.6 Å². The molecule has 3 aromatic rings. The highest BCUT2D eigenvalue weighted by atomic mass is 16.5. The zero-order chi connectivity index (χ0) is 25.7. The molecule has 4 rings (SSSR count). The van der Waals surface area contributed by atoms with E-state index in [0.717, 1.165) is 36.3 Å². The molecule has 2 amide bonds. The number of piperidine rings is 1. The zero-order valence-electron chi connectivity index (χ0n) is 21.7. The minimum Gasteiger partial charge on any atom is -0.497 e. The van der Waals surface area contributed by atoms with Crippen LogP contribution in [0.1, 0.15) is 40.2 Å². The Morgan fingerprint density at radius 3 is 2.39 bits per heavy atom. The van der Waals surface area contributed by atoms with E-state index in [9.17, 15) is 9.59 Å². The molecule has 1 aliphatic heterocycles. The molecule has 0 N–H and O–H groups in total. The summed E-state index contributed by atoms with van der Waals surface area (Å²) in [5.41, 5.74) is 3.59. The number of methoxy groups -OCH3 is 1. The number of amides is 2. The third-order valence-electron chi connectivity index (χ3n) is 7.25. The molecule has 0 bridgehead atoms. The van der Waals surface area contributed by atoms with E-state index in [2.05, 4.69) is 17.2 Å². The molecule has 0 radical (unpaired) electrons. The molecule has 1 fully saturated rings. The molecule has 36 heavy (non-hydrogen) atoms. The third kappa shape index (κ3) is 5.96. The molecule has 1 aromatic heterocycles. The maximum Gasteiger partial charge on any atom is 0.272 e. The quantitative estimate of drug-likeness (QED) is 0.482. The number of hydrogen-bond donors (Lipinski definition) is 0. The first-order chi connectivity index (χ1) is 17.4. The summed E-state index contributed by atoms with van der Waals surface area (Å²) in [6.45, 7) is 3.30. The number of benzene rings is 2. The molecule has 0 aliphatic carbocycles. The molecule has 0 unspecified atom stereocenters. The topological polar surface area (TPSA) is 67.7 Å². The van der Waals surface area contributed by atoms with Crippen molar-refractivity contribution in [1.29, 1.82) is 0 Å². The van der Waals surface area contributed by atoms with Crippen LogP contribution in [0, 0.1) is 12.8 Å². The first-order valence-electron chi connectivity index (χ1n) is 12.6. The minimum atomic E-state index is -0.0180. The van der Waals surface area contributed by atoms with E-state index in [1.54, 1.807) is 11.8 Å². The summed E-state index contributed by atoms with van der Waals surface area (Å²) < 4.78 is 6.95. The fourth-order valence-electron chi connectivity index (χ4n) is 5.22. The van der Waals surface area contributed by atoms with Gasteiger partial charge in [-0.3, -0.25) is 14.3 Å². The molecule has 1 atom stereocenters. The van der Waals surface area contributed by atoms with Crippen molar-refractivity contribution in [3.63, 3.8) is 0 Å². The van der Waals surface area contributed by atoms with Gasteiger partial charge in [0.15, 0.2) is 0 Å². The van der Waals surface area contributed by atoms with Crippen LogP contribution < -0.4 is 4.74 Å². The van der Waals surface area contributed by atoms with Crippen molar-refractivity contribution >= 4 is 11.8 Å². The number of aryl methyl sites for hydroxylation is 2. The SMILES string of the molecule is COc1cccc(CC(=O)N2CCC([C@H](Cc3ccccc3)N(C)C(=O)c3cc(C)nn3C)CC2)c1. The van der Waals surface area contributed by atoms with Crippen molar-refractivity contribution in [3.8, 4) is 5.75 Å². The Morgan fingerprint density at radius 2 is 1.75 bits per heavy atom. The van der Waals surface area contributed by atoms with E-state index in [0.29, 0.717) is 31.1 Å². The molecule has 1 aliphatic rings. The minimum absolute atomic E-state index is 0.0180. The summed E-state index contributed by atoms with van der Waals surface area (Å²) in [5, 5.41) is 4.36. The van der Waals surface area contributed by atoms with Crippen molar-refractivity contribution in [1.82, 2.24) is 19.6 Å². The molecular formula is C29H36N4O3. The predicted octanol–water partition coefficient (Wildman–Crippen LogP) is 3.90. The Balaban J connectivity index is 1.45. The second-order valence-corrected chi connectivity index (χ2v) is 9.71. The van der Waals surface area contributed by atoms with E-state index < -0.39 is 0 Å². The van der Waals surface area contributed by atoms with Crippen LogP contribution in [0.3, 0.4) is 0 Å². The summed E-state index contributed by atoms with van der Waals surface area (Å²) in [5.74, 6) is 1.18. The first-order valence-corrected chi connectivity index (χ1v) is 12.6. The number of nitrogens with zero attached hydrogens (tertiary/aromatic N) is 4. The summed E-state index contributed by atoms with van der Waals surface area (Å²) in [4.78, 5) is 30.3. The van der Waals surface area contributed by atoms with Crippen molar-refractivity contribution in [2.75, 3.05) is 27.2 Å². The van der Waals surface area contributed by atoms with Crippen LogP contribution in [0.5, 0.6) is 5.75 Å². The third-order valence-corrected chi connectivity index (χ3v) is 7.25. The van der Waals surface area contributed by atoms with Gasteiger partial charge in [-0.2, -0.15) is 5.10 Å². The molecular weight excluding hydrogens is 452 g/mol. The van der Waals surface area contributed by atoms with Gasteiger partial charge in [0.2, 0.25) is 5.91 Å². The Morgan fingerprint density at radius 1 is 1.06 bits per heavy atom.